The Morgan fingerprint density at radius 3 is 2.14 bits per heavy atom. The number of nitrogens with zero attached hydrogens (tertiary/aromatic N) is 4. The number of amides is 2. The maximum absolute atomic E-state index is 12.9. The van der Waals surface area contributed by atoms with E-state index in [1.165, 1.54) is 5.69 Å². The molecule has 200 valence electrons. The Morgan fingerprint density at radius 2 is 1.59 bits per heavy atom. The molecule has 2 N–H and O–H groups in total. The molecule has 9 heteroatoms. The number of ether oxygens (including phenoxy) is 2. The normalized spacial score (nSPS) is 22.0. The molecule has 0 spiro atoms. The summed E-state index contributed by atoms with van der Waals surface area (Å²) in [6.45, 7) is 10.2. The molecule has 0 unspecified atom stereocenters. The minimum atomic E-state index is -0.592. The Balaban J connectivity index is 1.12. The maximum atomic E-state index is 12.9. The van der Waals surface area contributed by atoms with Crippen LogP contribution in [0, 0.1) is 5.92 Å². The molecule has 0 radical (unpaired) electrons. The van der Waals surface area contributed by atoms with E-state index in [1.807, 2.05) is 19.1 Å². The van der Waals surface area contributed by atoms with Gasteiger partial charge in [0.25, 0.3) is 0 Å². The van der Waals surface area contributed by atoms with E-state index in [0.29, 0.717) is 19.0 Å². The van der Waals surface area contributed by atoms with Gasteiger partial charge in [-0.3, -0.25) is 9.91 Å². The van der Waals surface area contributed by atoms with Crippen LogP contribution in [-0.2, 0) is 4.74 Å². The second-order valence-electron chi connectivity index (χ2n) is 10.1. The molecule has 3 aliphatic rings. The average Bonchev–Trinajstić information content (AvgIpc) is 3.59. The zero-order chi connectivity index (χ0) is 25.8. The fraction of sp³-hybridized carbons (Fsp3) is 0.536. The number of aliphatic hydroxyl groups is 1. The molecule has 3 fully saturated rings. The van der Waals surface area contributed by atoms with Crippen LogP contribution >= 0.6 is 0 Å². The molecule has 0 saturated carbocycles. The van der Waals surface area contributed by atoms with Gasteiger partial charge in [0.15, 0.2) is 0 Å². The first-order chi connectivity index (χ1) is 18.0. The molecule has 0 aromatic heterocycles. The number of benzene rings is 2. The first kappa shape index (κ1) is 25.6. The lowest BCUT2D eigenvalue weighted by atomic mass is 10.1. The summed E-state index contributed by atoms with van der Waals surface area (Å²) in [6, 6.07) is 16.2. The van der Waals surface area contributed by atoms with Gasteiger partial charge in [-0.15, -0.1) is 0 Å². The Hall–Kier alpha value is -3.01. The number of carbonyl (C=O) groups excluding carboxylic acids is 1. The number of hydrazine groups is 1. The van der Waals surface area contributed by atoms with Crippen LogP contribution in [0.5, 0.6) is 5.75 Å². The van der Waals surface area contributed by atoms with Crippen molar-refractivity contribution in [3.63, 3.8) is 0 Å². The number of nitrogens with one attached hydrogen (secondary N) is 1. The average molecular weight is 510 g/mol. The van der Waals surface area contributed by atoms with Crippen LogP contribution in [-0.4, -0.2) is 81.0 Å². The third kappa shape index (κ3) is 5.79. The molecular weight excluding hydrogens is 470 g/mol. The van der Waals surface area contributed by atoms with Crippen LogP contribution in [0.25, 0.3) is 0 Å². The van der Waals surface area contributed by atoms with Crippen molar-refractivity contribution in [2.24, 2.45) is 5.92 Å². The van der Waals surface area contributed by atoms with Crippen molar-refractivity contribution in [1.82, 2.24) is 10.4 Å². The summed E-state index contributed by atoms with van der Waals surface area (Å²) in [5.41, 5.74) is 6.37. The van der Waals surface area contributed by atoms with E-state index in [-0.39, 0.29) is 12.1 Å². The van der Waals surface area contributed by atoms with Gasteiger partial charge >= 0.3 is 6.03 Å². The van der Waals surface area contributed by atoms with Crippen molar-refractivity contribution < 1.29 is 19.4 Å². The third-order valence-corrected chi connectivity index (χ3v) is 7.66. The van der Waals surface area contributed by atoms with Gasteiger partial charge in [-0.05, 0) is 68.3 Å². The second kappa shape index (κ2) is 11.6. The summed E-state index contributed by atoms with van der Waals surface area (Å²) in [6.07, 6.45) is 1.18. The van der Waals surface area contributed by atoms with Crippen molar-refractivity contribution in [3.05, 3.63) is 48.5 Å². The van der Waals surface area contributed by atoms with Crippen molar-refractivity contribution >= 4 is 23.1 Å². The monoisotopic (exact) mass is 509 g/mol. The number of aliphatic hydroxyl groups excluding tert-OH is 1. The molecule has 2 aromatic rings. The van der Waals surface area contributed by atoms with E-state index >= 15 is 0 Å². The fourth-order valence-electron chi connectivity index (χ4n) is 5.36. The van der Waals surface area contributed by atoms with Gasteiger partial charge in [0.2, 0.25) is 0 Å². The first-order valence-corrected chi connectivity index (χ1v) is 13.5. The highest BCUT2D eigenvalue weighted by Crippen LogP contribution is 2.27. The van der Waals surface area contributed by atoms with Crippen molar-refractivity contribution in [2.45, 2.75) is 38.8 Å². The molecule has 0 aliphatic carbocycles. The minimum absolute atomic E-state index is 0.127. The van der Waals surface area contributed by atoms with Crippen molar-refractivity contribution in [2.75, 3.05) is 67.4 Å². The number of rotatable bonds is 9. The van der Waals surface area contributed by atoms with Crippen LogP contribution in [0.15, 0.2) is 48.5 Å². The van der Waals surface area contributed by atoms with Crippen LogP contribution in [0.3, 0.4) is 0 Å². The van der Waals surface area contributed by atoms with E-state index in [4.69, 9.17) is 9.47 Å². The van der Waals surface area contributed by atoms with Crippen molar-refractivity contribution in [1.29, 1.82) is 0 Å². The number of piperazine rings is 1. The SMILES string of the molecule is CC[C@@H]([C@H](C)O)N1NCN(c2ccc(N3CCN(c4ccc(OC[C@H]5CCOC5)cc4)CC3)cc2)C1=O. The van der Waals surface area contributed by atoms with Gasteiger partial charge in [0.1, 0.15) is 5.75 Å². The summed E-state index contributed by atoms with van der Waals surface area (Å²) < 4.78 is 11.4. The summed E-state index contributed by atoms with van der Waals surface area (Å²) in [5, 5.41) is 11.6. The maximum Gasteiger partial charge on any atom is 0.340 e. The Labute approximate surface area is 219 Å². The number of urea groups is 1. The highest BCUT2D eigenvalue weighted by Gasteiger charge is 2.35. The second-order valence-corrected chi connectivity index (χ2v) is 10.1. The van der Waals surface area contributed by atoms with Gasteiger partial charge in [0, 0.05) is 55.8 Å². The summed E-state index contributed by atoms with van der Waals surface area (Å²) >= 11 is 0. The molecule has 3 heterocycles. The molecule has 2 aromatic carbocycles. The van der Waals surface area contributed by atoms with Gasteiger partial charge in [-0.1, -0.05) is 6.92 Å². The number of hydrogen-bond donors (Lipinski definition) is 2. The van der Waals surface area contributed by atoms with Crippen LogP contribution in [0.1, 0.15) is 26.7 Å². The van der Waals surface area contributed by atoms with E-state index < -0.39 is 6.10 Å². The lowest BCUT2D eigenvalue weighted by molar-refractivity contribution is 0.0652. The predicted molar refractivity (Wildman–Crippen MR) is 145 cm³/mol. The fourth-order valence-corrected chi connectivity index (χ4v) is 5.36. The van der Waals surface area contributed by atoms with Crippen LogP contribution in [0.4, 0.5) is 21.9 Å². The molecule has 37 heavy (non-hydrogen) atoms. The molecule has 3 atom stereocenters. The zero-order valence-electron chi connectivity index (χ0n) is 21.9. The van der Waals surface area contributed by atoms with E-state index in [2.05, 4.69) is 51.6 Å². The number of hydrogen-bond acceptors (Lipinski definition) is 7. The molecule has 9 nitrogen and oxygen atoms in total. The lowest BCUT2D eigenvalue weighted by Gasteiger charge is -2.37. The summed E-state index contributed by atoms with van der Waals surface area (Å²) in [7, 11) is 0. The minimum Gasteiger partial charge on any atom is -0.493 e. The lowest BCUT2D eigenvalue weighted by Crippen LogP contribution is -2.48. The quantitative estimate of drug-likeness (QED) is 0.537. The third-order valence-electron chi connectivity index (χ3n) is 7.66. The largest absolute Gasteiger partial charge is 0.493 e. The highest BCUT2D eigenvalue weighted by atomic mass is 16.5. The highest BCUT2D eigenvalue weighted by molar-refractivity contribution is 5.93. The van der Waals surface area contributed by atoms with E-state index in [1.54, 1.807) is 16.8 Å². The van der Waals surface area contributed by atoms with Crippen LogP contribution < -0.4 is 24.9 Å². The van der Waals surface area contributed by atoms with Gasteiger partial charge in [-0.2, -0.15) is 0 Å². The topological polar surface area (TPSA) is 80.8 Å². The number of anilines is 3. The Bertz CT molecular complexity index is 1020. The number of carbonyl (C=O) groups is 1. The predicted octanol–water partition coefficient (Wildman–Crippen LogP) is 3.29. The van der Waals surface area contributed by atoms with Crippen LogP contribution in [0.2, 0.25) is 0 Å². The molecule has 3 aliphatic heterocycles. The van der Waals surface area contributed by atoms with E-state index in [0.717, 1.165) is 69.5 Å². The smallest absolute Gasteiger partial charge is 0.340 e. The van der Waals surface area contributed by atoms with Gasteiger partial charge < -0.3 is 24.4 Å². The molecular formula is C28H39N5O4. The zero-order valence-corrected chi connectivity index (χ0v) is 21.9. The Morgan fingerprint density at radius 1 is 1.00 bits per heavy atom. The van der Waals surface area contributed by atoms with Crippen molar-refractivity contribution in [3.8, 4) is 5.75 Å². The summed E-state index contributed by atoms with van der Waals surface area (Å²) in [5.74, 6) is 1.42. The molecule has 2 amide bonds. The van der Waals surface area contributed by atoms with Gasteiger partial charge in [0.05, 0.1) is 32.0 Å². The first-order valence-electron chi connectivity index (χ1n) is 13.5. The molecule has 0 bridgehead atoms. The molecule has 5 rings (SSSR count). The van der Waals surface area contributed by atoms with Gasteiger partial charge in [-0.25, -0.2) is 10.2 Å². The summed E-state index contributed by atoms with van der Waals surface area (Å²) in [4.78, 5) is 19.4. The van der Waals surface area contributed by atoms with E-state index in [9.17, 15) is 9.90 Å². The molecule has 3 saturated heterocycles. The Kier molecular flexibility index (Phi) is 8.02. The standard InChI is InChI=1S/C28H39N5O4/c1-3-27(21(2)34)33-28(35)32(20-29-33)25-6-4-23(5-7-25)30-13-15-31(16-14-30)24-8-10-26(11-9-24)37-19-22-12-17-36-18-22/h4-11,21-22,27,29,34H,3,12-20H2,1-2H3/t21-,22-,27-/m0/s1.